The number of aromatic nitrogens is 2. The van der Waals surface area contributed by atoms with E-state index < -0.39 is 6.43 Å². The summed E-state index contributed by atoms with van der Waals surface area (Å²) in [6, 6.07) is 6.01. The van der Waals surface area contributed by atoms with Gasteiger partial charge in [-0.2, -0.15) is 0 Å². The van der Waals surface area contributed by atoms with E-state index in [4.69, 9.17) is 11.6 Å². The molecular weight excluding hydrogens is 362 g/mol. The number of benzene rings is 1. The second-order valence-corrected chi connectivity index (χ2v) is 6.83. The number of nitrogens with zero attached hydrogens (tertiary/aromatic N) is 2. The molecule has 0 aliphatic carbocycles. The fourth-order valence-electron chi connectivity index (χ4n) is 1.86. The second-order valence-electron chi connectivity index (χ2n) is 5.68. The molecule has 6 heteroatoms. The predicted molar refractivity (Wildman–Crippen MR) is 83.8 cm³/mol. The molecule has 21 heavy (non-hydrogen) atoms. The first-order chi connectivity index (χ1) is 9.70. The van der Waals surface area contributed by atoms with Gasteiger partial charge in [-0.25, -0.2) is 18.7 Å². The van der Waals surface area contributed by atoms with Crippen LogP contribution < -0.4 is 0 Å². The first kappa shape index (κ1) is 16.3. The molecule has 2 nitrogen and oxygen atoms in total. The fourth-order valence-corrected chi connectivity index (χ4v) is 2.80. The standard InChI is InChI=1S/C15H14BrClF2N2/c1-15(2,3)11-10(16)12(17)21-14(20-11)9-6-4-5-8(7-9)13(18)19/h4-7,13H,1-3H3. The Balaban J connectivity index is 2.60. The van der Waals surface area contributed by atoms with E-state index in [1.165, 1.54) is 12.1 Å². The van der Waals surface area contributed by atoms with Crippen LogP contribution in [0.1, 0.15) is 38.5 Å². The highest BCUT2D eigenvalue weighted by atomic mass is 79.9. The van der Waals surface area contributed by atoms with Crippen molar-refractivity contribution in [2.24, 2.45) is 0 Å². The Bertz CT molecular complexity index is 669. The van der Waals surface area contributed by atoms with Gasteiger partial charge < -0.3 is 0 Å². The van der Waals surface area contributed by atoms with Crippen molar-refractivity contribution in [3.63, 3.8) is 0 Å². The molecule has 0 fully saturated rings. The molecule has 2 aromatic rings. The zero-order chi connectivity index (χ0) is 15.8. The molecule has 0 radical (unpaired) electrons. The minimum atomic E-state index is -2.53. The normalized spacial score (nSPS) is 12.0. The fraction of sp³-hybridized carbons (Fsp3) is 0.333. The molecule has 1 aromatic heterocycles. The Hall–Kier alpha value is -1.07. The summed E-state index contributed by atoms with van der Waals surface area (Å²) in [4.78, 5) is 8.67. The zero-order valence-corrected chi connectivity index (χ0v) is 14.1. The van der Waals surface area contributed by atoms with E-state index in [0.717, 1.165) is 5.69 Å². The molecule has 0 saturated carbocycles. The Morgan fingerprint density at radius 1 is 1.19 bits per heavy atom. The summed E-state index contributed by atoms with van der Waals surface area (Å²) in [5.41, 5.74) is 0.945. The third kappa shape index (κ3) is 3.58. The van der Waals surface area contributed by atoms with E-state index in [2.05, 4.69) is 25.9 Å². The number of hydrogen-bond donors (Lipinski definition) is 0. The van der Waals surface area contributed by atoms with Gasteiger partial charge in [-0.15, -0.1) is 0 Å². The molecule has 0 atom stereocenters. The largest absolute Gasteiger partial charge is 0.263 e. The second kappa shape index (κ2) is 5.97. The number of alkyl halides is 2. The lowest BCUT2D eigenvalue weighted by atomic mass is 9.92. The molecule has 1 heterocycles. The van der Waals surface area contributed by atoms with Crippen LogP contribution in [-0.4, -0.2) is 9.97 Å². The van der Waals surface area contributed by atoms with Crippen LogP contribution in [0.5, 0.6) is 0 Å². The third-order valence-electron chi connectivity index (χ3n) is 2.92. The average Bonchev–Trinajstić information content (AvgIpc) is 2.40. The summed E-state index contributed by atoms with van der Waals surface area (Å²) >= 11 is 9.51. The minimum absolute atomic E-state index is 0.0625. The molecule has 0 aliphatic heterocycles. The molecule has 0 N–H and O–H groups in total. The van der Waals surface area contributed by atoms with Gasteiger partial charge in [0.1, 0.15) is 5.15 Å². The number of rotatable bonds is 2. The smallest absolute Gasteiger partial charge is 0.231 e. The van der Waals surface area contributed by atoms with Gasteiger partial charge >= 0.3 is 0 Å². The van der Waals surface area contributed by atoms with Crippen molar-refractivity contribution in [1.82, 2.24) is 9.97 Å². The van der Waals surface area contributed by atoms with Crippen LogP contribution in [0.3, 0.4) is 0 Å². The number of halogens is 4. The van der Waals surface area contributed by atoms with Crippen molar-refractivity contribution in [3.05, 3.63) is 45.1 Å². The van der Waals surface area contributed by atoms with Crippen molar-refractivity contribution < 1.29 is 8.78 Å². The van der Waals surface area contributed by atoms with Gasteiger partial charge in [0, 0.05) is 16.5 Å². The van der Waals surface area contributed by atoms with Crippen LogP contribution in [0.2, 0.25) is 5.15 Å². The molecule has 0 amide bonds. The van der Waals surface area contributed by atoms with E-state index in [0.29, 0.717) is 15.9 Å². The molecule has 1 aromatic carbocycles. The van der Waals surface area contributed by atoms with Gasteiger partial charge in [-0.3, -0.25) is 0 Å². The lowest BCUT2D eigenvalue weighted by molar-refractivity contribution is 0.151. The highest BCUT2D eigenvalue weighted by Crippen LogP contribution is 2.34. The highest BCUT2D eigenvalue weighted by molar-refractivity contribution is 9.10. The summed E-state index contributed by atoms with van der Waals surface area (Å²) in [6.45, 7) is 5.99. The van der Waals surface area contributed by atoms with Crippen molar-refractivity contribution in [2.75, 3.05) is 0 Å². The summed E-state index contributed by atoms with van der Waals surface area (Å²) in [5, 5.41) is 0.271. The Morgan fingerprint density at radius 3 is 2.43 bits per heavy atom. The summed E-state index contributed by atoms with van der Waals surface area (Å²) in [6.07, 6.45) is -2.53. The third-order valence-corrected chi connectivity index (χ3v) is 4.17. The summed E-state index contributed by atoms with van der Waals surface area (Å²) < 4.78 is 26.2. The monoisotopic (exact) mass is 374 g/mol. The number of hydrogen-bond acceptors (Lipinski definition) is 2. The van der Waals surface area contributed by atoms with Gasteiger partial charge in [-0.1, -0.05) is 50.6 Å². The quantitative estimate of drug-likeness (QED) is 0.620. The Kier molecular flexibility index (Phi) is 4.63. The molecule has 0 unspecified atom stereocenters. The van der Waals surface area contributed by atoms with Crippen LogP contribution in [0, 0.1) is 0 Å². The van der Waals surface area contributed by atoms with Gasteiger partial charge in [0.25, 0.3) is 6.43 Å². The van der Waals surface area contributed by atoms with Crippen molar-refractivity contribution >= 4 is 27.5 Å². The van der Waals surface area contributed by atoms with Crippen molar-refractivity contribution in [3.8, 4) is 11.4 Å². The lowest BCUT2D eigenvalue weighted by Crippen LogP contribution is -2.16. The molecule has 0 saturated heterocycles. The van der Waals surface area contributed by atoms with Crippen LogP contribution in [0.15, 0.2) is 28.7 Å². The maximum Gasteiger partial charge on any atom is 0.263 e. The highest BCUT2D eigenvalue weighted by Gasteiger charge is 2.23. The maximum atomic E-state index is 12.8. The van der Waals surface area contributed by atoms with Crippen LogP contribution in [0.4, 0.5) is 8.78 Å². The van der Waals surface area contributed by atoms with Gasteiger partial charge in [-0.05, 0) is 22.0 Å². The van der Waals surface area contributed by atoms with Gasteiger partial charge in [0.2, 0.25) is 0 Å². The Morgan fingerprint density at radius 2 is 1.86 bits per heavy atom. The summed E-state index contributed by atoms with van der Waals surface area (Å²) in [7, 11) is 0. The minimum Gasteiger partial charge on any atom is -0.231 e. The van der Waals surface area contributed by atoms with Crippen molar-refractivity contribution in [1.29, 1.82) is 0 Å². The van der Waals surface area contributed by atoms with Gasteiger partial charge in [0.05, 0.1) is 10.2 Å². The van der Waals surface area contributed by atoms with E-state index in [1.54, 1.807) is 12.1 Å². The average molecular weight is 376 g/mol. The maximum absolute atomic E-state index is 12.8. The van der Waals surface area contributed by atoms with Gasteiger partial charge in [0.15, 0.2) is 5.82 Å². The van der Waals surface area contributed by atoms with E-state index in [-0.39, 0.29) is 16.1 Å². The molecule has 0 bridgehead atoms. The van der Waals surface area contributed by atoms with Crippen LogP contribution >= 0.6 is 27.5 Å². The molecular formula is C15H14BrClF2N2. The van der Waals surface area contributed by atoms with Crippen molar-refractivity contribution in [2.45, 2.75) is 32.6 Å². The topological polar surface area (TPSA) is 25.8 Å². The summed E-state index contributed by atoms with van der Waals surface area (Å²) in [5.74, 6) is 0.343. The lowest BCUT2D eigenvalue weighted by Gasteiger charge is -2.20. The predicted octanol–water partition coefficient (Wildman–Crippen LogP) is 5.79. The van der Waals surface area contributed by atoms with Crippen LogP contribution in [-0.2, 0) is 5.41 Å². The van der Waals surface area contributed by atoms with Crippen LogP contribution in [0.25, 0.3) is 11.4 Å². The SMILES string of the molecule is CC(C)(C)c1nc(-c2cccc(C(F)F)c2)nc(Cl)c1Br. The molecule has 0 aliphatic rings. The van der Waals surface area contributed by atoms with E-state index >= 15 is 0 Å². The van der Waals surface area contributed by atoms with E-state index in [9.17, 15) is 8.78 Å². The molecule has 2 rings (SSSR count). The first-order valence-corrected chi connectivity index (χ1v) is 7.49. The zero-order valence-electron chi connectivity index (χ0n) is 11.8. The molecule has 0 spiro atoms. The Labute approximate surface area is 135 Å². The molecule has 112 valence electrons. The van der Waals surface area contributed by atoms with E-state index in [1.807, 2.05) is 20.8 Å². The first-order valence-electron chi connectivity index (χ1n) is 6.32.